The van der Waals surface area contributed by atoms with E-state index in [4.69, 9.17) is 18.9 Å². The number of methoxy groups -OCH3 is 1. The molecule has 0 bridgehead atoms. The number of carbonyl (C=O) groups excluding carboxylic acids is 1. The lowest BCUT2D eigenvalue weighted by molar-refractivity contribution is -0.346. The average molecular weight is 402 g/mol. The van der Waals surface area contributed by atoms with Gasteiger partial charge < -0.3 is 44.5 Å². The Balaban J connectivity index is 1.85. The molecular formula is C18H26O10. The molecule has 2 heterocycles. The molecule has 0 saturated carbocycles. The molecule has 0 spiro atoms. The molecule has 10 nitrogen and oxygen atoms in total. The van der Waals surface area contributed by atoms with Crippen LogP contribution in [0.3, 0.4) is 0 Å². The number of allylic oxidation sites excluding steroid dienone is 1. The SMILES string of the molecule is CC[C@]1(O)C=C[C@@H]2C(C(=O)OC)=CO[C@@H](O[C@@H]3O[C@H](CO)[C@@H](O)[C@H](O)[C@H]3O)[C@H]21. The standard InChI is InChI=1S/C18H26O10/c1-3-18(24)5-4-8-9(15(23)25-2)7-26-16(11(8)18)28-17-14(22)13(21)12(20)10(6-19)27-17/h4-5,7-8,10-14,16-17,19-22,24H,3,6H2,1-2H3/t8-,10-,11+,12-,13+,14-,16+,17+,18+/m1/s1. The minimum atomic E-state index is -1.62. The highest BCUT2D eigenvalue weighted by atomic mass is 16.8. The Morgan fingerprint density at radius 1 is 1.21 bits per heavy atom. The van der Waals surface area contributed by atoms with Crippen LogP contribution in [0, 0.1) is 11.8 Å². The van der Waals surface area contributed by atoms with E-state index in [9.17, 15) is 30.3 Å². The van der Waals surface area contributed by atoms with E-state index < -0.39 is 67.0 Å². The van der Waals surface area contributed by atoms with E-state index in [1.54, 1.807) is 19.1 Å². The molecule has 0 radical (unpaired) electrons. The van der Waals surface area contributed by atoms with Crippen LogP contribution < -0.4 is 0 Å². The van der Waals surface area contributed by atoms with Gasteiger partial charge in [0.2, 0.25) is 6.29 Å². The molecule has 0 aromatic carbocycles. The Labute approximate surface area is 161 Å². The normalized spacial score (nSPS) is 45.2. The second-order valence-electron chi connectivity index (χ2n) is 7.16. The number of ether oxygens (including phenoxy) is 4. The van der Waals surface area contributed by atoms with Gasteiger partial charge in [0.1, 0.15) is 24.4 Å². The molecule has 0 aromatic rings. The molecule has 5 N–H and O–H groups in total. The summed E-state index contributed by atoms with van der Waals surface area (Å²) in [5.74, 6) is -1.91. The van der Waals surface area contributed by atoms with Crippen LogP contribution in [-0.4, -0.2) is 87.8 Å². The summed E-state index contributed by atoms with van der Waals surface area (Å²) in [6.07, 6.45) is -3.75. The molecule has 0 unspecified atom stereocenters. The zero-order chi connectivity index (χ0) is 20.6. The lowest BCUT2D eigenvalue weighted by Crippen LogP contribution is -2.61. The summed E-state index contributed by atoms with van der Waals surface area (Å²) in [5, 5.41) is 50.3. The van der Waals surface area contributed by atoms with Gasteiger partial charge in [0, 0.05) is 5.92 Å². The van der Waals surface area contributed by atoms with Gasteiger partial charge in [0.05, 0.1) is 37.1 Å². The van der Waals surface area contributed by atoms with Crippen molar-refractivity contribution >= 4 is 5.97 Å². The number of esters is 1. The van der Waals surface area contributed by atoms with E-state index in [0.29, 0.717) is 6.42 Å². The zero-order valence-electron chi connectivity index (χ0n) is 15.5. The van der Waals surface area contributed by atoms with Crippen LogP contribution in [-0.2, 0) is 23.7 Å². The van der Waals surface area contributed by atoms with Crippen molar-refractivity contribution in [3.63, 3.8) is 0 Å². The summed E-state index contributed by atoms with van der Waals surface area (Å²) in [7, 11) is 1.24. The first-order valence-corrected chi connectivity index (χ1v) is 9.09. The molecule has 1 fully saturated rings. The maximum Gasteiger partial charge on any atom is 0.337 e. The lowest BCUT2D eigenvalue weighted by Gasteiger charge is -2.44. The molecule has 0 aromatic heterocycles. The Morgan fingerprint density at radius 3 is 2.54 bits per heavy atom. The van der Waals surface area contributed by atoms with Gasteiger partial charge >= 0.3 is 5.97 Å². The van der Waals surface area contributed by atoms with Crippen molar-refractivity contribution in [2.24, 2.45) is 11.8 Å². The second kappa shape index (κ2) is 8.07. The molecule has 2 aliphatic heterocycles. The van der Waals surface area contributed by atoms with Gasteiger partial charge in [0.15, 0.2) is 6.29 Å². The van der Waals surface area contributed by atoms with Crippen LogP contribution in [0.15, 0.2) is 24.0 Å². The fraction of sp³-hybridized carbons (Fsp3) is 0.722. The lowest BCUT2D eigenvalue weighted by atomic mass is 9.78. The molecule has 1 saturated heterocycles. The predicted octanol–water partition coefficient (Wildman–Crippen LogP) is -1.84. The van der Waals surface area contributed by atoms with E-state index in [0.717, 1.165) is 0 Å². The van der Waals surface area contributed by atoms with Crippen molar-refractivity contribution in [2.45, 2.75) is 55.9 Å². The third kappa shape index (κ3) is 3.45. The molecule has 158 valence electrons. The molecule has 3 rings (SSSR count). The minimum absolute atomic E-state index is 0.210. The van der Waals surface area contributed by atoms with E-state index >= 15 is 0 Å². The van der Waals surface area contributed by atoms with E-state index in [-0.39, 0.29) is 5.57 Å². The number of aliphatic hydroxyl groups excluding tert-OH is 4. The first-order valence-electron chi connectivity index (χ1n) is 9.09. The summed E-state index contributed by atoms with van der Waals surface area (Å²) in [6.45, 7) is 1.16. The first-order chi connectivity index (χ1) is 13.3. The van der Waals surface area contributed by atoms with Gasteiger partial charge in [-0.25, -0.2) is 4.79 Å². The van der Waals surface area contributed by atoms with Gasteiger partial charge in [-0.05, 0) is 6.42 Å². The fourth-order valence-corrected chi connectivity index (χ4v) is 3.90. The van der Waals surface area contributed by atoms with Crippen LogP contribution in [0.5, 0.6) is 0 Å². The van der Waals surface area contributed by atoms with Crippen LogP contribution in [0.4, 0.5) is 0 Å². The monoisotopic (exact) mass is 402 g/mol. The Kier molecular flexibility index (Phi) is 6.11. The average Bonchev–Trinajstić information content (AvgIpc) is 3.06. The summed E-state index contributed by atoms with van der Waals surface area (Å²) in [5.41, 5.74) is -1.14. The van der Waals surface area contributed by atoms with Crippen molar-refractivity contribution in [3.8, 4) is 0 Å². The molecular weight excluding hydrogens is 376 g/mol. The third-order valence-electron chi connectivity index (χ3n) is 5.64. The van der Waals surface area contributed by atoms with Crippen LogP contribution >= 0.6 is 0 Å². The minimum Gasteiger partial charge on any atom is -0.471 e. The zero-order valence-corrected chi connectivity index (χ0v) is 15.5. The van der Waals surface area contributed by atoms with E-state index in [1.807, 2.05) is 0 Å². The number of aliphatic hydroxyl groups is 5. The molecule has 1 aliphatic carbocycles. The van der Waals surface area contributed by atoms with Crippen molar-refractivity contribution < 1.29 is 49.3 Å². The number of rotatable bonds is 5. The summed E-state index contributed by atoms with van der Waals surface area (Å²) in [6, 6.07) is 0. The summed E-state index contributed by atoms with van der Waals surface area (Å²) >= 11 is 0. The molecule has 9 atom stereocenters. The number of hydrogen-bond donors (Lipinski definition) is 5. The molecule has 3 aliphatic rings. The predicted molar refractivity (Wildman–Crippen MR) is 91.2 cm³/mol. The van der Waals surface area contributed by atoms with Crippen molar-refractivity contribution in [1.29, 1.82) is 0 Å². The van der Waals surface area contributed by atoms with Gasteiger partial charge in [0.25, 0.3) is 0 Å². The molecule has 0 amide bonds. The van der Waals surface area contributed by atoms with E-state index in [1.165, 1.54) is 13.4 Å². The molecule has 28 heavy (non-hydrogen) atoms. The third-order valence-corrected chi connectivity index (χ3v) is 5.64. The quantitative estimate of drug-likeness (QED) is 0.262. The number of carbonyl (C=O) groups is 1. The van der Waals surface area contributed by atoms with E-state index in [2.05, 4.69) is 0 Å². The Bertz CT molecular complexity index is 646. The van der Waals surface area contributed by atoms with Gasteiger partial charge in [-0.3, -0.25) is 0 Å². The summed E-state index contributed by atoms with van der Waals surface area (Å²) in [4.78, 5) is 12.0. The van der Waals surface area contributed by atoms with Gasteiger partial charge in [-0.15, -0.1) is 0 Å². The van der Waals surface area contributed by atoms with Gasteiger partial charge in [-0.2, -0.15) is 0 Å². The largest absolute Gasteiger partial charge is 0.471 e. The Hall–Kier alpha value is -1.53. The fourth-order valence-electron chi connectivity index (χ4n) is 3.90. The number of fused-ring (bicyclic) bond motifs is 1. The topological polar surface area (TPSA) is 155 Å². The number of hydrogen-bond acceptors (Lipinski definition) is 10. The highest BCUT2D eigenvalue weighted by Crippen LogP contribution is 2.47. The van der Waals surface area contributed by atoms with Crippen LogP contribution in [0.2, 0.25) is 0 Å². The highest BCUT2D eigenvalue weighted by Gasteiger charge is 2.54. The van der Waals surface area contributed by atoms with Crippen LogP contribution in [0.25, 0.3) is 0 Å². The highest BCUT2D eigenvalue weighted by molar-refractivity contribution is 5.89. The molecule has 10 heteroatoms. The second-order valence-corrected chi connectivity index (χ2v) is 7.16. The van der Waals surface area contributed by atoms with Crippen LogP contribution in [0.1, 0.15) is 13.3 Å². The Morgan fingerprint density at radius 2 is 1.93 bits per heavy atom. The maximum atomic E-state index is 12.0. The van der Waals surface area contributed by atoms with Gasteiger partial charge in [-0.1, -0.05) is 19.1 Å². The first kappa shape index (κ1) is 21.2. The van der Waals surface area contributed by atoms with Crippen molar-refractivity contribution in [3.05, 3.63) is 24.0 Å². The van der Waals surface area contributed by atoms with Crippen molar-refractivity contribution in [1.82, 2.24) is 0 Å². The maximum absolute atomic E-state index is 12.0. The van der Waals surface area contributed by atoms with Crippen molar-refractivity contribution in [2.75, 3.05) is 13.7 Å². The smallest absolute Gasteiger partial charge is 0.337 e. The summed E-state index contributed by atoms with van der Waals surface area (Å²) < 4.78 is 21.3.